The highest BCUT2D eigenvalue weighted by Gasteiger charge is 2.41. The van der Waals surface area contributed by atoms with Crippen LogP contribution in [0.15, 0.2) is 24.3 Å². The zero-order chi connectivity index (χ0) is 18.2. The fraction of sp³-hybridized carbons (Fsp3) is 0.500. The van der Waals surface area contributed by atoms with Crippen LogP contribution in [-0.4, -0.2) is 37.8 Å². The van der Waals surface area contributed by atoms with E-state index in [1.54, 1.807) is 29.6 Å². The van der Waals surface area contributed by atoms with Crippen LogP contribution < -0.4 is 10.1 Å². The lowest BCUT2D eigenvalue weighted by atomic mass is 10.1. The Labute approximate surface area is 138 Å². The number of methoxy groups -OCH3 is 1. The number of hydrogen-bond donors (Lipinski definition) is 1. The quantitative estimate of drug-likeness (QED) is 0.580. The van der Waals surface area contributed by atoms with Gasteiger partial charge in [0.1, 0.15) is 11.8 Å². The highest BCUT2D eigenvalue weighted by atomic mass is 19.4. The first-order valence-electron chi connectivity index (χ1n) is 7.45. The Hall–Kier alpha value is -2.25. The molecule has 0 saturated carbocycles. The minimum Gasteiger partial charge on any atom is -0.497 e. The predicted octanol–water partition coefficient (Wildman–Crippen LogP) is 2.63. The van der Waals surface area contributed by atoms with Gasteiger partial charge in [-0.05, 0) is 24.1 Å². The summed E-state index contributed by atoms with van der Waals surface area (Å²) < 4.78 is 47.2. The maximum Gasteiger partial charge on any atom is 0.471 e. The number of carbonyl (C=O) groups excluding carboxylic acids is 2. The van der Waals surface area contributed by atoms with Crippen molar-refractivity contribution in [2.75, 3.05) is 13.7 Å². The molecule has 1 N–H and O–H groups in total. The van der Waals surface area contributed by atoms with Crippen LogP contribution in [0.2, 0.25) is 0 Å². The first-order valence-corrected chi connectivity index (χ1v) is 7.45. The number of hydrogen-bond acceptors (Lipinski definition) is 4. The molecule has 1 amide bonds. The first kappa shape index (κ1) is 19.8. The third-order valence-electron chi connectivity index (χ3n) is 3.19. The number of ether oxygens (including phenoxy) is 2. The first-order chi connectivity index (χ1) is 11.3. The number of alkyl halides is 3. The Morgan fingerprint density at radius 2 is 1.83 bits per heavy atom. The summed E-state index contributed by atoms with van der Waals surface area (Å²) >= 11 is 0. The molecule has 1 rings (SSSR count). The summed E-state index contributed by atoms with van der Waals surface area (Å²) in [6.45, 7) is 1.98. The second kappa shape index (κ2) is 9.14. The van der Waals surface area contributed by atoms with Gasteiger partial charge in [-0.15, -0.1) is 0 Å². The van der Waals surface area contributed by atoms with Gasteiger partial charge in [0.25, 0.3) is 0 Å². The van der Waals surface area contributed by atoms with E-state index in [-0.39, 0.29) is 13.0 Å². The number of carbonyl (C=O) groups is 2. The van der Waals surface area contributed by atoms with Crippen LogP contribution in [0.1, 0.15) is 25.3 Å². The minimum absolute atomic E-state index is 0.0936. The summed E-state index contributed by atoms with van der Waals surface area (Å²) in [6.07, 6.45) is -3.82. The molecule has 0 bridgehead atoms. The summed E-state index contributed by atoms with van der Waals surface area (Å²) in [5.74, 6) is -2.49. The molecular weight excluding hydrogens is 327 g/mol. The van der Waals surface area contributed by atoms with E-state index in [0.717, 1.165) is 6.42 Å². The van der Waals surface area contributed by atoms with Crippen molar-refractivity contribution in [3.63, 3.8) is 0 Å². The molecule has 0 spiro atoms. The van der Waals surface area contributed by atoms with Gasteiger partial charge < -0.3 is 14.8 Å². The van der Waals surface area contributed by atoms with Crippen molar-refractivity contribution in [1.82, 2.24) is 5.32 Å². The van der Waals surface area contributed by atoms with E-state index in [4.69, 9.17) is 9.47 Å². The van der Waals surface area contributed by atoms with Crippen molar-refractivity contribution < 1.29 is 32.2 Å². The second-order valence-electron chi connectivity index (χ2n) is 5.10. The van der Waals surface area contributed by atoms with Crippen LogP contribution in [0.25, 0.3) is 0 Å². The van der Waals surface area contributed by atoms with Gasteiger partial charge in [0.05, 0.1) is 13.7 Å². The molecule has 0 heterocycles. The fourth-order valence-corrected chi connectivity index (χ4v) is 1.85. The van der Waals surface area contributed by atoms with Crippen molar-refractivity contribution in [2.45, 2.75) is 38.4 Å². The topological polar surface area (TPSA) is 64.6 Å². The minimum atomic E-state index is -5.07. The SMILES string of the molecule is CCCCOC(=O)C(Cc1ccc(OC)cc1)NC(=O)C(F)(F)F. The molecule has 0 aliphatic carbocycles. The molecule has 1 aromatic rings. The average Bonchev–Trinajstić information content (AvgIpc) is 2.54. The fourth-order valence-electron chi connectivity index (χ4n) is 1.85. The van der Waals surface area contributed by atoms with E-state index in [1.165, 1.54) is 7.11 Å². The van der Waals surface area contributed by atoms with Crippen molar-refractivity contribution in [3.05, 3.63) is 29.8 Å². The average molecular weight is 347 g/mol. The van der Waals surface area contributed by atoms with Gasteiger partial charge >= 0.3 is 18.1 Å². The van der Waals surface area contributed by atoms with Crippen LogP contribution in [0, 0.1) is 0 Å². The molecule has 134 valence electrons. The number of esters is 1. The van der Waals surface area contributed by atoms with Gasteiger partial charge in [-0.2, -0.15) is 13.2 Å². The van der Waals surface area contributed by atoms with Crippen LogP contribution in [-0.2, 0) is 20.7 Å². The summed E-state index contributed by atoms with van der Waals surface area (Å²) in [7, 11) is 1.48. The lowest BCUT2D eigenvalue weighted by molar-refractivity contribution is -0.175. The molecule has 8 heteroatoms. The van der Waals surface area contributed by atoms with Crippen LogP contribution in [0.5, 0.6) is 5.75 Å². The lowest BCUT2D eigenvalue weighted by Crippen LogP contribution is -2.48. The summed E-state index contributed by atoms with van der Waals surface area (Å²) in [4.78, 5) is 23.1. The molecule has 0 aromatic heterocycles. The molecule has 24 heavy (non-hydrogen) atoms. The van der Waals surface area contributed by atoms with Crippen LogP contribution in [0.4, 0.5) is 13.2 Å². The van der Waals surface area contributed by atoms with Gasteiger partial charge in [-0.1, -0.05) is 25.5 Å². The zero-order valence-electron chi connectivity index (χ0n) is 13.5. The van der Waals surface area contributed by atoms with Crippen LogP contribution in [0.3, 0.4) is 0 Å². The van der Waals surface area contributed by atoms with Crippen molar-refractivity contribution in [3.8, 4) is 5.75 Å². The van der Waals surface area contributed by atoms with E-state index in [1.807, 2.05) is 6.92 Å². The van der Waals surface area contributed by atoms with Crippen LogP contribution >= 0.6 is 0 Å². The van der Waals surface area contributed by atoms with E-state index >= 15 is 0 Å². The standard InChI is InChI=1S/C16H20F3NO4/c1-3-4-9-24-14(21)13(20-15(22)16(17,18)19)10-11-5-7-12(23-2)8-6-11/h5-8,13H,3-4,9-10H2,1-2H3,(H,20,22). The molecule has 0 saturated heterocycles. The number of halogens is 3. The number of rotatable bonds is 8. The predicted molar refractivity (Wildman–Crippen MR) is 80.6 cm³/mol. The second-order valence-corrected chi connectivity index (χ2v) is 5.10. The number of amides is 1. The smallest absolute Gasteiger partial charge is 0.471 e. The molecule has 0 aliphatic heterocycles. The maximum absolute atomic E-state index is 12.4. The van der Waals surface area contributed by atoms with Gasteiger partial charge in [-0.3, -0.25) is 4.79 Å². The van der Waals surface area contributed by atoms with Gasteiger partial charge in [0.15, 0.2) is 0 Å². The molecular formula is C16H20F3NO4. The molecule has 1 unspecified atom stereocenters. The maximum atomic E-state index is 12.4. The molecule has 0 fully saturated rings. The number of unbranched alkanes of at least 4 members (excludes halogenated alkanes) is 1. The molecule has 5 nitrogen and oxygen atoms in total. The summed E-state index contributed by atoms with van der Waals surface area (Å²) in [6, 6.07) is 5.01. The zero-order valence-corrected chi connectivity index (χ0v) is 13.5. The largest absolute Gasteiger partial charge is 0.497 e. The van der Waals surface area contributed by atoms with Crippen molar-refractivity contribution in [1.29, 1.82) is 0 Å². The van der Waals surface area contributed by atoms with E-state index in [0.29, 0.717) is 17.7 Å². The monoisotopic (exact) mass is 347 g/mol. The van der Waals surface area contributed by atoms with E-state index in [9.17, 15) is 22.8 Å². The molecule has 1 atom stereocenters. The summed E-state index contributed by atoms with van der Waals surface area (Å²) in [5, 5.41) is 1.69. The molecule has 1 aromatic carbocycles. The normalized spacial score (nSPS) is 12.4. The van der Waals surface area contributed by atoms with Gasteiger partial charge in [0.2, 0.25) is 0 Å². The van der Waals surface area contributed by atoms with Crippen molar-refractivity contribution in [2.24, 2.45) is 0 Å². The van der Waals surface area contributed by atoms with Gasteiger partial charge in [-0.25, -0.2) is 4.79 Å². The Morgan fingerprint density at radius 1 is 1.21 bits per heavy atom. The third-order valence-corrected chi connectivity index (χ3v) is 3.19. The molecule has 0 radical (unpaired) electrons. The lowest BCUT2D eigenvalue weighted by Gasteiger charge is -2.18. The Kier molecular flexibility index (Phi) is 7.54. The highest BCUT2D eigenvalue weighted by Crippen LogP contribution is 2.17. The van der Waals surface area contributed by atoms with E-state index in [2.05, 4.69) is 0 Å². The Bertz CT molecular complexity index is 543. The third kappa shape index (κ3) is 6.47. The summed E-state index contributed by atoms with van der Waals surface area (Å²) in [5.41, 5.74) is 0.565. The molecule has 0 aliphatic rings. The van der Waals surface area contributed by atoms with Crippen molar-refractivity contribution >= 4 is 11.9 Å². The number of nitrogens with one attached hydrogen (secondary N) is 1. The highest BCUT2D eigenvalue weighted by molar-refractivity contribution is 5.87. The van der Waals surface area contributed by atoms with E-state index < -0.39 is 24.1 Å². The van der Waals surface area contributed by atoms with Gasteiger partial charge in [0, 0.05) is 6.42 Å². The Balaban J connectivity index is 2.82. The number of benzene rings is 1. The Morgan fingerprint density at radius 3 is 2.33 bits per heavy atom.